The molecule has 3 aliphatic rings. The van der Waals surface area contributed by atoms with Crippen LogP contribution in [0, 0.1) is 11.3 Å². The molecule has 2 amide bonds. The van der Waals surface area contributed by atoms with E-state index in [-0.39, 0.29) is 11.3 Å². The van der Waals surface area contributed by atoms with Crippen molar-refractivity contribution in [3.05, 3.63) is 0 Å². The van der Waals surface area contributed by atoms with Crippen LogP contribution in [0.1, 0.15) is 39.0 Å². The number of rotatable bonds is 6. The zero-order chi connectivity index (χ0) is 20.0. The van der Waals surface area contributed by atoms with E-state index >= 15 is 0 Å². The third kappa shape index (κ3) is 5.05. The lowest BCUT2D eigenvalue weighted by Crippen LogP contribution is -2.53. The van der Waals surface area contributed by atoms with Crippen molar-refractivity contribution in [1.82, 2.24) is 20.0 Å². The maximum Gasteiger partial charge on any atom is 0.231 e. The average molecular weight is 395 g/mol. The molecule has 0 aromatic heterocycles. The first-order valence-electron chi connectivity index (χ1n) is 11.1. The number of piperazine rings is 1. The molecule has 0 aliphatic carbocycles. The van der Waals surface area contributed by atoms with Crippen LogP contribution < -0.4 is 5.32 Å². The number of piperidine rings is 2. The third-order valence-corrected chi connectivity index (χ3v) is 6.97. The number of hydrogen-bond donors (Lipinski definition) is 1. The average Bonchev–Trinajstić information content (AvgIpc) is 2.74. The minimum atomic E-state index is -0.360. The van der Waals surface area contributed by atoms with E-state index in [1.807, 2.05) is 9.80 Å². The van der Waals surface area contributed by atoms with E-state index in [1.54, 1.807) is 7.11 Å². The number of carbonyl (C=O) groups is 2. The number of nitrogens with one attached hydrogen (secondary N) is 1. The van der Waals surface area contributed by atoms with E-state index in [9.17, 15) is 9.59 Å². The highest BCUT2D eigenvalue weighted by atomic mass is 16.5. The molecule has 0 radical (unpaired) electrons. The second kappa shape index (κ2) is 10.0. The summed E-state index contributed by atoms with van der Waals surface area (Å²) in [5.74, 6) is 0.971. The minimum Gasteiger partial charge on any atom is -0.384 e. The molecule has 3 heterocycles. The zero-order valence-electron chi connectivity index (χ0n) is 17.8. The Morgan fingerprint density at radius 1 is 1.00 bits per heavy atom. The highest BCUT2D eigenvalue weighted by molar-refractivity contribution is 5.83. The van der Waals surface area contributed by atoms with Gasteiger partial charge in [0.15, 0.2) is 0 Å². The van der Waals surface area contributed by atoms with Gasteiger partial charge in [0.25, 0.3) is 0 Å². The van der Waals surface area contributed by atoms with E-state index in [0.717, 1.165) is 84.6 Å². The summed E-state index contributed by atoms with van der Waals surface area (Å²) in [5, 5.41) is 3.35. The lowest BCUT2D eigenvalue weighted by atomic mass is 9.77. The van der Waals surface area contributed by atoms with Gasteiger partial charge in [-0.25, -0.2) is 0 Å². The van der Waals surface area contributed by atoms with Crippen molar-refractivity contribution < 1.29 is 14.3 Å². The van der Waals surface area contributed by atoms with Crippen LogP contribution in [0.25, 0.3) is 0 Å². The Morgan fingerprint density at radius 2 is 1.64 bits per heavy atom. The Balaban J connectivity index is 1.46. The van der Waals surface area contributed by atoms with Gasteiger partial charge in [-0.05, 0) is 51.2 Å². The normalized spacial score (nSPS) is 24.4. The number of amides is 2. The molecule has 0 saturated carbocycles. The van der Waals surface area contributed by atoms with Gasteiger partial charge in [-0.2, -0.15) is 0 Å². The summed E-state index contributed by atoms with van der Waals surface area (Å²) in [6, 6.07) is 0. The maximum absolute atomic E-state index is 13.2. The molecule has 3 saturated heterocycles. The van der Waals surface area contributed by atoms with Crippen molar-refractivity contribution in [2.45, 2.75) is 39.0 Å². The standard InChI is InChI=1S/C21H38N4O3/c1-3-23-12-14-24(15-13-23)19(26)16-18-4-10-25(11-5-18)20(27)21(17-28-2)6-8-22-9-7-21/h18,22H,3-17H2,1-2H3. The van der Waals surface area contributed by atoms with Crippen LogP contribution >= 0.6 is 0 Å². The Labute approximate surface area is 169 Å². The van der Waals surface area contributed by atoms with E-state index in [4.69, 9.17) is 4.74 Å². The SMILES string of the molecule is CCN1CCN(C(=O)CC2CCN(C(=O)C3(COC)CCNCC3)CC2)CC1. The summed E-state index contributed by atoms with van der Waals surface area (Å²) in [6.45, 7) is 10.8. The minimum absolute atomic E-state index is 0.260. The molecule has 3 rings (SSSR count). The van der Waals surface area contributed by atoms with Gasteiger partial charge in [0.1, 0.15) is 0 Å². The molecule has 7 heteroatoms. The fourth-order valence-corrected chi connectivity index (χ4v) is 4.97. The highest BCUT2D eigenvalue weighted by Gasteiger charge is 2.43. The Morgan fingerprint density at radius 3 is 2.21 bits per heavy atom. The van der Waals surface area contributed by atoms with Crippen LogP contribution in [0.3, 0.4) is 0 Å². The molecule has 3 aliphatic heterocycles. The summed E-state index contributed by atoms with van der Waals surface area (Å²) >= 11 is 0. The Hall–Kier alpha value is -1.18. The molecule has 0 atom stereocenters. The number of nitrogens with zero attached hydrogens (tertiary/aromatic N) is 3. The maximum atomic E-state index is 13.2. The first-order valence-corrected chi connectivity index (χ1v) is 11.1. The van der Waals surface area contributed by atoms with Gasteiger partial charge in [-0.15, -0.1) is 0 Å². The fourth-order valence-electron chi connectivity index (χ4n) is 4.97. The highest BCUT2D eigenvalue weighted by Crippen LogP contribution is 2.33. The lowest BCUT2D eigenvalue weighted by Gasteiger charge is -2.42. The van der Waals surface area contributed by atoms with E-state index in [2.05, 4.69) is 17.1 Å². The summed E-state index contributed by atoms with van der Waals surface area (Å²) in [4.78, 5) is 32.4. The largest absolute Gasteiger partial charge is 0.384 e. The number of ether oxygens (including phenoxy) is 1. The number of methoxy groups -OCH3 is 1. The van der Waals surface area contributed by atoms with Crippen LogP contribution in [-0.4, -0.2) is 99.1 Å². The van der Waals surface area contributed by atoms with E-state index in [0.29, 0.717) is 24.9 Å². The number of hydrogen-bond acceptors (Lipinski definition) is 5. The smallest absolute Gasteiger partial charge is 0.231 e. The number of carbonyl (C=O) groups excluding carboxylic acids is 2. The molecule has 3 fully saturated rings. The zero-order valence-corrected chi connectivity index (χ0v) is 17.8. The lowest BCUT2D eigenvalue weighted by molar-refractivity contribution is -0.149. The summed E-state index contributed by atoms with van der Waals surface area (Å²) < 4.78 is 5.42. The number of likely N-dealkylation sites (N-methyl/N-ethyl adjacent to an activating group) is 1. The van der Waals surface area contributed by atoms with Crippen LogP contribution in [0.5, 0.6) is 0 Å². The molecular formula is C21H38N4O3. The molecule has 0 aromatic rings. The molecule has 0 bridgehead atoms. The second-order valence-electron chi connectivity index (χ2n) is 8.72. The predicted molar refractivity (Wildman–Crippen MR) is 109 cm³/mol. The van der Waals surface area contributed by atoms with Crippen molar-refractivity contribution in [2.24, 2.45) is 11.3 Å². The van der Waals surface area contributed by atoms with Crippen molar-refractivity contribution in [3.8, 4) is 0 Å². The summed E-state index contributed by atoms with van der Waals surface area (Å²) in [7, 11) is 1.69. The monoisotopic (exact) mass is 394 g/mol. The fraction of sp³-hybridized carbons (Fsp3) is 0.905. The van der Waals surface area contributed by atoms with Crippen LogP contribution in [0.2, 0.25) is 0 Å². The molecule has 160 valence electrons. The third-order valence-electron chi connectivity index (χ3n) is 6.97. The van der Waals surface area contributed by atoms with Crippen LogP contribution in [0.4, 0.5) is 0 Å². The number of likely N-dealkylation sites (tertiary alicyclic amines) is 1. The van der Waals surface area contributed by atoms with E-state index < -0.39 is 0 Å². The summed E-state index contributed by atoms with van der Waals surface area (Å²) in [6.07, 6.45) is 4.21. The molecule has 0 aromatic carbocycles. The topological polar surface area (TPSA) is 65.1 Å². The molecule has 1 N–H and O–H groups in total. The molecular weight excluding hydrogens is 356 g/mol. The quantitative estimate of drug-likeness (QED) is 0.722. The molecule has 0 unspecified atom stereocenters. The van der Waals surface area contributed by atoms with Crippen LogP contribution in [-0.2, 0) is 14.3 Å². The van der Waals surface area contributed by atoms with E-state index in [1.165, 1.54) is 0 Å². The second-order valence-corrected chi connectivity index (χ2v) is 8.72. The Bertz CT molecular complexity index is 514. The van der Waals surface area contributed by atoms with Gasteiger partial charge in [0.2, 0.25) is 11.8 Å². The van der Waals surface area contributed by atoms with Gasteiger partial charge >= 0.3 is 0 Å². The first-order chi connectivity index (χ1) is 13.6. The van der Waals surface area contributed by atoms with Crippen molar-refractivity contribution >= 4 is 11.8 Å². The Kier molecular flexibility index (Phi) is 7.71. The molecule has 0 spiro atoms. The first kappa shape index (κ1) is 21.5. The summed E-state index contributed by atoms with van der Waals surface area (Å²) in [5.41, 5.74) is -0.360. The van der Waals surface area contributed by atoms with Crippen molar-refractivity contribution in [2.75, 3.05) is 72.6 Å². The van der Waals surface area contributed by atoms with Gasteiger partial charge in [0.05, 0.1) is 12.0 Å². The predicted octanol–water partition coefficient (Wildman–Crippen LogP) is 0.795. The van der Waals surface area contributed by atoms with Gasteiger partial charge in [-0.1, -0.05) is 6.92 Å². The van der Waals surface area contributed by atoms with Crippen molar-refractivity contribution in [3.63, 3.8) is 0 Å². The van der Waals surface area contributed by atoms with Gasteiger partial charge < -0.3 is 24.8 Å². The van der Waals surface area contributed by atoms with Crippen LogP contribution in [0.15, 0.2) is 0 Å². The molecule has 28 heavy (non-hydrogen) atoms. The van der Waals surface area contributed by atoms with Gasteiger partial charge in [0, 0.05) is 52.8 Å². The molecule has 7 nitrogen and oxygen atoms in total. The van der Waals surface area contributed by atoms with Gasteiger partial charge in [-0.3, -0.25) is 9.59 Å². The van der Waals surface area contributed by atoms with Crippen molar-refractivity contribution in [1.29, 1.82) is 0 Å².